The Balaban J connectivity index is 2.34. The molecule has 0 heterocycles. The van der Waals surface area contributed by atoms with Crippen molar-refractivity contribution in [2.24, 2.45) is 0 Å². The van der Waals surface area contributed by atoms with Crippen LogP contribution < -0.4 is 5.32 Å². The third-order valence-corrected chi connectivity index (χ3v) is 5.45. The average molecular weight is 449 g/mol. The summed E-state index contributed by atoms with van der Waals surface area (Å²) in [7, 11) is 0. The number of hydrogen-bond donors (Lipinski definition) is 1. The van der Waals surface area contributed by atoms with Gasteiger partial charge in [-0.2, -0.15) is 0 Å². The van der Waals surface area contributed by atoms with Gasteiger partial charge in [0.25, 0.3) is 0 Å². The summed E-state index contributed by atoms with van der Waals surface area (Å²) in [5, 5.41) is 3.95. The van der Waals surface area contributed by atoms with Crippen molar-refractivity contribution in [2.45, 2.75) is 66.1 Å². The maximum absolute atomic E-state index is 13.3. The first kappa shape index (κ1) is 24.2. The van der Waals surface area contributed by atoms with Crippen LogP contribution in [0.3, 0.4) is 0 Å². The van der Waals surface area contributed by atoms with Gasteiger partial charge in [0, 0.05) is 22.1 Å². The van der Waals surface area contributed by atoms with E-state index in [2.05, 4.69) is 5.32 Å². The molecule has 0 radical (unpaired) electrons. The van der Waals surface area contributed by atoms with Crippen LogP contribution in [0.4, 0.5) is 0 Å². The number of carbonyl (C=O) groups is 2. The second-order valence-electron chi connectivity index (χ2n) is 8.78. The van der Waals surface area contributed by atoms with E-state index in [4.69, 9.17) is 23.2 Å². The summed E-state index contributed by atoms with van der Waals surface area (Å²) >= 11 is 12.4. The zero-order chi connectivity index (χ0) is 22.6. The Labute approximate surface area is 189 Å². The fourth-order valence-electron chi connectivity index (χ4n) is 3.15. The second kappa shape index (κ2) is 9.84. The molecule has 2 rings (SSSR count). The SMILES string of the molecule is Cc1ccc(C)c(CC(=O)N(Cc2ccc(Cl)cc2Cl)[C@H](C)C(=O)NC(C)(C)C)c1. The molecule has 1 N–H and O–H groups in total. The largest absolute Gasteiger partial charge is 0.350 e. The molecule has 0 aliphatic heterocycles. The summed E-state index contributed by atoms with van der Waals surface area (Å²) in [5.74, 6) is -0.340. The molecule has 0 aromatic heterocycles. The van der Waals surface area contributed by atoms with E-state index < -0.39 is 11.6 Å². The van der Waals surface area contributed by atoms with Gasteiger partial charge in [0.1, 0.15) is 6.04 Å². The first-order valence-electron chi connectivity index (χ1n) is 9.99. The third kappa shape index (κ3) is 6.75. The first-order chi connectivity index (χ1) is 13.9. The minimum absolute atomic E-state index is 0.133. The van der Waals surface area contributed by atoms with Crippen molar-refractivity contribution in [3.63, 3.8) is 0 Å². The van der Waals surface area contributed by atoms with E-state index in [0.717, 1.165) is 22.3 Å². The van der Waals surface area contributed by atoms with E-state index in [-0.39, 0.29) is 24.8 Å². The monoisotopic (exact) mass is 448 g/mol. The Hall–Kier alpha value is -2.04. The zero-order valence-corrected chi connectivity index (χ0v) is 20.0. The van der Waals surface area contributed by atoms with Crippen molar-refractivity contribution in [2.75, 3.05) is 0 Å². The van der Waals surface area contributed by atoms with E-state index >= 15 is 0 Å². The number of hydrogen-bond acceptors (Lipinski definition) is 2. The van der Waals surface area contributed by atoms with Crippen molar-refractivity contribution >= 4 is 35.0 Å². The number of nitrogens with zero attached hydrogens (tertiary/aromatic N) is 1. The molecule has 0 saturated heterocycles. The Morgan fingerprint density at radius 3 is 2.30 bits per heavy atom. The van der Waals surface area contributed by atoms with Crippen LogP contribution in [0.5, 0.6) is 0 Å². The second-order valence-corrected chi connectivity index (χ2v) is 9.62. The molecule has 30 heavy (non-hydrogen) atoms. The number of rotatable bonds is 6. The maximum Gasteiger partial charge on any atom is 0.242 e. The molecule has 2 amide bonds. The lowest BCUT2D eigenvalue weighted by Crippen LogP contribution is -2.52. The minimum Gasteiger partial charge on any atom is -0.350 e. The molecule has 0 fully saturated rings. The van der Waals surface area contributed by atoms with E-state index in [1.165, 1.54) is 0 Å². The summed E-state index contributed by atoms with van der Waals surface area (Å²) in [6, 6.07) is 10.6. The Morgan fingerprint density at radius 1 is 1.03 bits per heavy atom. The number of amides is 2. The molecule has 0 aliphatic carbocycles. The summed E-state index contributed by atoms with van der Waals surface area (Å²) < 4.78 is 0. The molecule has 4 nitrogen and oxygen atoms in total. The quantitative estimate of drug-likeness (QED) is 0.635. The summed E-state index contributed by atoms with van der Waals surface area (Å²) in [6.45, 7) is 11.7. The molecule has 6 heteroatoms. The van der Waals surface area contributed by atoms with Gasteiger partial charge < -0.3 is 10.2 Å². The van der Waals surface area contributed by atoms with Crippen molar-refractivity contribution in [3.05, 3.63) is 68.7 Å². The van der Waals surface area contributed by atoms with Crippen LogP contribution in [0.2, 0.25) is 10.0 Å². The van der Waals surface area contributed by atoms with Gasteiger partial charge in [-0.25, -0.2) is 0 Å². The number of nitrogens with one attached hydrogen (secondary N) is 1. The molecule has 0 saturated carbocycles. The molecule has 0 unspecified atom stereocenters. The molecule has 162 valence electrons. The topological polar surface area (TPSA) is 49.4 Å². The third-order valence-electron chi connectivity index (χ3n) is 4.87. The summed E-state index contributed by atoms with van der Waals surface area (Å²) in [6.07, 6.45) is 0.214. The Kier molecular flexibility index (Phi) is 7.95. The summed E-state index contributed by atoms with van der Waals surface area (Å²) in [4.78, 5) is 27.8. The van der Waals surface area contributed by atoms with Crippen LogP contribution in [0.25, 0.3) is 0 Å². The van der Waals surface area contributed by atoms with Crippen molar-refractivity contribution < 1.29 is 9.59 Å². The van der Waals surface area contributed by atoms with Crippen LogP contribution in [-0.2, 0) is 22.6 Å². The van der Waals surface area contributed by atoms with Gasteiger partial charge in [-0.1, -0.05) is 53.0 Å². The predicted molar refractivity (Wildman–Crippen MR) is 124 cm³/mol. The molecule has 0 aliphatic rings. The molecular weight excluding hydrogens is 419 g/mol. The highest BCUT2D eigenvalue weighted by atomic mass is 35.5. The summed E-state index contributed by atoms with van der Waals surface area (Å²) in [5.41, 5.74) is 3.44. The van der Waals surface area contributed by atoms with Gasteiger partial charge >= 0.3 is 0 Å². The lowest BCUT2D eigenvalue weighted by molar-refractivity contribution is -0.140. The standard InChI is InChI=1S/C24H30Cl2N2O2/c1-15-7-8-16(2)19(11-15)12-22(29)28(17(3)23(30)27-24(4,5)6)14-18-9-10-20(25)13-21(18)26/h7-11,13,17H,12,14H2,1-6H3,(H,27,30)/t17-/m1/s1. The predicted octanol–water partition coefficient (Wildman–Crippen LogP) is 5.48. The smallest absolute Gasteiger partial charge is 0.242 e. The molecule has 0 bridgehead atoms. The van der Waals surface area contributed by atoms with Gasteiger partial charge in [-0.3, -0.25) is 9.59 Å². The minimum atomic E-state index is -0.659. The average Bonchev–Trinajstić information content (AvgIpc) is 2.62. The van der Waals surface area contributed by atoms with E-state index in [0.29, 0.717) is 10.0 Å². The van der Waals surface area contributed by atoms with Crippen molar-refractivity contribution in [1.29, 1.82) is 0 Å². The van der Waals surface area contributed by atoms with Gasteiger partial charge in [0.05, 0.1) is 6.42 Å². The molecule has 0 spiro atoms. The van der Waals surface area contributed by atoms with E-state index in [1.807, 2.05) is 52.8 Å². The number of halogens is 2. The van der Waals surface area contributed by atoms with Crippen LogP contribution in [0.15, 0.2) is 36.4 Å². The number of aryl methyl sites for hydroxylation is 2. The van der Waals surface area contributed by atoms with Gasteiger partial charge in [0.2, 0.25) is 11.8 Å². The maximum atomic E-state index is 13.3. The Bertz CT molecular complexity index is 935. The van der Waals surface area contributed by atoms with Crippen molar-refractivity contribution in [1.82, 2.24) is 10.2 Å². The van der Waals surface area contributed by atoms with E-state index in [1.54, 1.807) is 30.0 Å². The number of benzene rings is 2. The highest BCUT2D eigenvalue weighted by molar-refractivity contribution is 6.35. The Morgan fingerprint density at radius 2 is 1.70 bits per heavy atom. The van der Waals surface area contributed by atoms with Gasteiger partial charge in [-0.05, 0) is 70.4 Å². The molecule has 2 aromatic carbocycles. The van der Waals surface area contributed by atoms with E-state index in [9.17, 15) is 9.59 Å². The van der Waals surface area contributed by atoms with Crippen LogP contribution in [-0.4, -0.2) is 28.3 Å². The number of carbonyl (C=O) groups excluding carboxylic acids is 2. The molecule has 2 aromatic rings. The van der Waals surface area contributed by atoms with Gasteiger partial charge in [0.15, 0.2) is 0 Å². The lowest BCUT2D eigenvalue weighted by Gasteiger charge is -2.32. The lowest BCUT2D eigenvalue weighted by atomic mass is 10.0. The highest BCUT2D eigenvalue weighted by Crippen LogP contribution is 2.24. The van der Waals surface area contributed by atoms with Crippen LogP contribution in [0.1, 0.15) is 49.9 Å². The van der Waals surface area contributed by atoms with Crippen LogP contribution >= 0.6 is 23.2 Å². The fraction of sp³-hybridized carbons (Fsp3) is 0.417. The van der Waals surface area contributed by atoms with Gasteiger partial charge in [-0.15, -0.1) is 0 Å². The normalized spacial score (nSPS) is 12.4. The highest BCUT2D eigenvalue weighted by Gasteiger charge is 2.29. The first-order valence-corrected chi connectivity index (χ1v) is 10.7. The molecular formula is C24H30Cl2N2O2. The molecule has 1 atom stereocenters. The fourth-order valence-corrected chi connectivity index (χ4v) is 3.61. The van der Waals surface area contributed by atoms with Crippen molar-refractivity contribution in [3.8, 4) is 0 Å². The zero-order valence-electron chi connectivity index (χ0n) is 18.5. The van der Waals surface area contributed by atoms with Crippen LogP contribution in [0, 0.1) is 13.8 Å².